The standard InChI is InChI=1S/C25H33N13O3S/c1-2-10-36(11-3-1)25(22-31-32-33-41-22)37(18-4-16-40-42-18)20-19(29-23(30-20)35-14-7-27-8-15-35)21(34-12-5-26-6-13-34)38(25)24-28-9-17-39-24/h4,9,16-18,26-27H,1-3,5-8,10-15H2. The van der Waals surface area contributed by atoms with E-state index in [9.17, 15) is 0 Å². The Hall–Kier alpha value is -3.67. The third kappa shape index (κ3) is 4.09. The second-order valence-electron chi connectivity index (χ2n) is 10.8. The molecule has 0 spiro atoms. The number of aliphatic imine (C=N–C) groups is 2. The molecule has 2 aromatic rings. The second-order valence-corrected chi connectivity index (χ2v) is 11.6. The molecule has 3 fully saturated rings. The Labute approximate surface area is 246 Å². The number of oxazole rings is 1. The van der Waals surface area contributed by atoms with Crippen LogP contribution in [0, 0.1) is 0 Å². The van der Waals surface area contributed by atoms with Gasteiger partial charge in [-0.1, -0.05) is 11.5 Å². The van der Waals surface area contributed by atoms with Gasteiger partial charge >= 0.3 is 11.9 Å². The van der Waals surface area contributed by atoms with Gasteiger partial charge in [-0.2, -0.15) is 4.99 Å². The molecule has 8 heterocycles. The van der Waals surface area contributed by atoms with Gasteiger partial charge in [0.15, 0.2) is 11.5 Å². The molecule has 16 nitrogen and oxygen atoms in total. The minimum atomic E-state index is -1.22. The quantitative estimate of drug-likeness (QED) is 0.450. The minimum absolute atomic E-state index is 0.299. The van der Waals surface area contributed by atoms with Crippen molar-refractivity contribution in [3.63, 3.8) is 0 Å². The molecule has 2 N–H and O–H groups in total. The Morgan fingerprint density at radius 1 is 0.929 bits per heavy atom. The maximum absolute atomic E-state index is 6.15. The van der Waals surface area contributed by atoms with Crippen LogP contribution in [0.4, 0.5) is 6.01 Å². The number of anilines is 1. The van der Waals surface area contributed by atoms with Gasteiger partial charge in [-0.15, -0.1) is 0 Å². The van der Waals surface area contributed by atoms with Crippen LogP contribution in [0.3, 0.4) is 0 Å². The van der Waals surface area contributed by atoms with E-state index in [1.54, 1.807) is 18.7 Å². The zero-order valence-electron chi connectivity index (χ0n) is 23.1. The van der Waals surface area contributed by atoms with E-state index in [0.29, 0.717) is 17.9 Å². The number of fused-ring (bicyclic) bond motifs is 1. The van der Waals surface area contributed by atoms with Crippen LogP contribution in [0.5, 0.6) is 0 Å². The van der Waals surface area contributed by atoms with Gasteiger partial charge in [0.05, 0.1) is 23.5 Å². The smallest absolute Gasteiger partial charge is 0.310 e. The molecule has 0 amide bonds. The van der Waals surface area contributed by atoms with Crippen LogP contribution in [0.25, 0.3) is 0 Å². The molecular formula is C25H33N13O3S. The maximum Gasteiger partial charge on any atom is 0.310 e. The van der Waals surface area contributed by atoms with Crippen LogP contribution < -0.4 is 15.5 Å². The molecular weight excluding hydrogens is 562 g/mol. The molecule has 3 saturated heterocycles. The average molecular weight is 596 g/mol. The number of likely N-dealkylation sites (tertiary alicyclic amines) is 1. The predicted octanol–water partition coefficient (Wildman–Crippen LogP) is 0.137. The number of aromatic nitrogens is 4. The monoisotopic (exact) mass is 595 g/mol. The summed E-state index contributed by atoms with van der Waals surface area (Å²) in [5.41, 5.74) is 0.754. The first kappa shape index (κ1) is 26.0. The van der Waals surface area contributed by atoms with Crippen molar-refractivity contribution in [1.82, 2.24) is 50.8 Å². The summed E-state index contributed by atoms with van der Waals surface area (Å²) in [6.07, 6.45) is 10.1. The molecule has 6 aliphatic heterocycles. The van der Waals surface area contributed by atoms with E-state index < -0.39 is 5.79 Å². The average Bonchev–Trinajstić information content (AvgIpc) is 3.88. The zero-order valence-corrected chi connectivity index (χ0v) is 23.9. The third-order valence-electron chi connectivity index (χ3n) is 8.45. The summed E-state index contributed by atoms with van der Waals surface area (Å²) in [4.78, 5) is 26.5. The highest BCUT2D eigenvalue weighted by molar-refractivity contribution is 7.95. The van der Waals surface area contributed by atoms with Crippen LogP contribution >= 0.6 is 12.0 Å². The van der Waals surface area contributed by atoms with Crippen molar-refractivity contribution in [2.45, 2.75) is 30.4 Å². The molecule has 2 unspecified atom stereocenters. The lowest BCUT2D eigenvalue weighted by Crippen LogP contribution is -2.74. The Balaban J connectivity index is 1.43. The summed E-state index contributed by atoms with van der Waals surface area (Å²) in [6.45, 7) is 8.14. The zero-order chi connectivity index (χ0) is 27.9. The van der Waals surface area contributed by atoms with Crippen molar-refractivity contribution >= 4 is 29.9 Å². The van der Waals surface area contributed by atoms with Gasteiger partial charge < -0.3 is 33.6 Å². The van der Waals surface area contributed by atoms with Gasteiger partial charge in [0.25, 0.3) is 5.79 Å². The van der Waals surface area contributed by atoms with E-state index in [4.69, 9.17) is 28.1 Å². The molecule has 2 aromatic heterocycles. The Morgan fingerprint density at radius 3 is 2.38 bits per heavy atom. The maximum atomic E-state index is 6.15. The first-order valence-electron chi connectivity index (χ1n) is 14.6. The lowest BCUT2D eigenvalue weighted by atomic mass is 10.0. The molecule has 0 aromatic carbocycles. The third-order valence-corrected chi connectivity index (χ3v) is 9.23. The molecule has 222 valence electrons. The van der Waals surface area contributed by atoms with E-state index >= 15 is 0 Å². The summed E-state index contributed by atoms with van der Waals surface area (Å²) in [6, 6.07) is 0.391. The van der Waals surface area contributed by atoms with Crippen molar-refractivity contribution in [3.05, 3.63) is 42.2 Å². The summed E-state index contributed by atoms with van der Waals surface area (Å²) < 4.78 is 17.9. The highest BCUT2D eigenvalue weighted by Gasteiger charge is 2.65. The highest BCUT2D eigenvalue weighted by Crippen LogP contribution is 2.51. The van der Waals surface area contributed by atoms with Crippen LogP contribution in [0.15, 0.2) is 55.2 Å². The van der Waals surface area contributed by atoms with Gasteiger partial charge in [0, 0.05) is 65.4 Å². The molecule has 42 heavy (non-hydrogen) atoms. The minimum Gasteiger partial charge on any atom is -0.432 e. The lowest BCUT2D eigenvalue weighted by molar-refractivity contribution is -0.0669. The van der Waals surface area contributed by atoms with Crippen LogP contribution in [-0.4, -0.2) is 123 Å². The van der Waals surface area contributed by atoms with Crippen molar-refractivity contribution in [2.75, 3.05) is 70.3 Å². The first-order valence-corrected chi connectivity index (χ1v) is 15.4. The fraction of sp³-hybridized carbons (Fsp3) is 0.600. The molecule has 2 atom stereocenters. The number of hydrogen-bond donors (Lipinski definition) is 2. The van der Waals surface area contributed by atoms with E-state index in [0.717, 1.165) is 102 Å². The number of guanidine groups is 1. The highest BCUT2D eigenvalue weighted by atomic mass is 32.2. The number of rotatable bonds is 5. The molecule has 0 saturated carbocycles. The summed E-state index contributed by atoms with van der Waals surface area (Å²) >= 11 is 1.33. The molecule has 6 aliphatic rings. The van der Waals surface area contributed by atoms with Gasteiger partial charge in [0.1, 0.15) is 23.7 Å². The number of hydrogen-bond acceptors (Lipinski definition) is 17. The number of piperidine rings is 1. The van der Waals surface area contributed by atoms with Gasteiger partial charge in [0.2, 0.25) is 5.96 Å². The fourth-order valence-electron chi connectivity index (χ4n) is 6.62. The first-order chi connectivity index (χ1) is 20.9. The molecule has 0 radical (unpaired) electrons. The van der Waals surface area contributed by atoms with E-state index in [1.165, 1.54) is 12.0 Å². The normalized spacial score (nSPS) is 28.7. The molecule has 0 aliphatic carbocycles. The SMILES string of the molecule is C1=CC(N2C3=NC(N4CCNCC4)=NC3=C(N3CCNCC3)N(c3ncco3)C2(c2nnno2)N2CCCCC2)SO1. The topological polar surface area (TPSA) is 152 Å². The predicted molar refractivity (Wildman–Crippen MR) is 152 cm³/mol. The largest absolute Gasteiger partial charge is 0.432 e. The second kappa shape index (κ2) is 10.9. The number of nitrogens with one attached hydrogen (secondary N) is 2. The Kier molecular flexibility index (Phi) is 6.73. The lowest BCUT2D eigenvalue weighted by Gasteiger charge is -2.58. The molecule has 17 heteroatoms. The summed E-state index contributed by atoms with van der Waals surface area (Å²) in [5.74, 6) is 1.33. The molecule has 0 bridgehead atoms. The van der Waals surface area contributed by atoms with E-state index in [-0.39, 0.29) is 5.37 Å². The van der Waals surface area contributed by atoms with Gasteiger partial charge in [-0.05, 0) is 24.1 Å². The van der Waals surface area contributed by atoms with Crippen LogP contribution in [0.1, 0.15) is 25.2 Å². The number of amidine groups is 1. The van der Waals surface area contributed by atoms with Crippen molar-refractivity contribution in [2.24, 2.45) is 9.98 Å². The molecule has 8 rings (SSSR count). The van der Waals surface area contributed by atoms with E-state index in [1.807, 2.05) is 6.08 Å². The van der Waals surface area contributed by atoms with Crippen LogP contribution in [0.2, 0.25) is 0 Å². The van der Waals surface area contributed by atoms with Crippen molar-refractivity contribution < 1.29 is 13.1 Å². The number of piperazine rings is 2. The summed E-state index contributed by atoms with van der Waals surface area (Å²) in [5, 5.41) is 19.0. The Bertz CT molecular complexity index is 1380. The van der Waals surface area contributed by atoms with Gasteiger partial charge in [-0.3, -0.25) is 9.80 Å². The number of nitrogens with zero attached hydrogens (tertiary/aromatic N) is 11. The summed E-state index contributed by atoms with van der Waals surface area (Å²) in [7, 11) is 0. The Morgan fingerprint density at radius 2 is 1.71 bits per heavy atom. The van der Waals surface area contributed by atoms with Crippen molar-refractivity contribution in [3.8, 4) is 0 Å². The van der Waals surface area contributed by atoms with E-state index in [2.05, 4.69) is 50.7 Å². The van der Waals surface area contributed by atoms with Crippen LogP contribution in [-0.2, 0) is 9.97 Å². The van der Waals surface area contributed by atoms with Gasteiger partial charge in [-0.25, -0.2) is 14.9 Å². The van der Waals surface area contributed by atoms with Crippen molar-refractivity contribution in [1.29, 1.82) is 0 Å². The fourth-order valence-corrected chi connectivity index (χ4v) is 7.32.